The van der Waals surface area contributed by atoms with Crippen molar-refractivity contribution in [3.05, 3.63) is 53.4 Å². The summed E-state index contributed by atoms with van der Waals surface area (Å²) in [6.45, 7) is 2.52. The van der Waals surface area contributed by atoms with Gasteiger partial charge in [-0.05, 0) is 44.0 Å². The van der Waals surface area contributed by atoms with Gasteiger partial charge in [0.2, 0.25) is 0 Å². The summed E-state index contributed by atoms with van der Waals surface area (Å²) in [7, 11) is 1.81. The van der Waals surface area contributed by atoms with Crippen LogP contribution in [-0.4, -0.2) is 39.4 Å². The Labute approximate surface area is 150 Å². The van der Waals surface area contributed by atoms with Crippen molar-refractivity contribution < 1.29 is 9.18 Å². The lowest BCUT2D eigenvalue weighted by Crippen LogP contribution is -2.31. The monoisotopic (exact) mass is 353 g/mol. The molecule has 1 amide bonds. The first-order valence-electron chi connectivity index (χ1n) is 8.68. The molecule has 1 fully saturated rings. The highest BCUT2D eigenvalue weighted by atomic mass is 19.1. The summed E-state index contributed by atoms with van der Waals surface area (Å²) in [5.41, 5.74) is 1.94. The number of H-pyrrole nitrogens is 1. The number of halogens is 1. The van der Waals surface area contributed by atoms with Gasteiger partial charge < -0.3 is 15.2 Å². The van der Waals surface area contributed by atoms with Crippen molar-refractivity contribution in [3.63, 3.8) is 0 Å². The molecular weight excluding hydrogens is 333 g/mol. The molecule has 0 spiro atoms. The van der Waals surface area contributed by atoms with E-state index in [9.17, 15) is 9.18 Å². The molecule has 0 bridgehead atoms. The predicted octanol–water partition coefficient (Wildman–Crippen LogP) is 3.42. The maximum atomic E-state index is 13.4. The van der Waals surface area contributed by atoms with Gasteiger partial charge >= 0.3 is 0 Å². The minimum atomic E-state index is -0.326. The molecule has 1 aromatic carbocycles. The average Bonchev–Trinajstić information content (AvgIpc) is 3.27. The van der Waals surface area contributed by atoms with Crippen LogP contribution in [0.3, 0.4) is 0 Å². The van der Waals surface area contributed by atoms with E-state index in [1.807, 2.05) is 24.9 Å². The summed E-state index contributed by atoms with van der Waals surface area (Å²) in [4.78, 5) is 26.8. The first kappa shape index (κ1) is 16.5. The Hall–Kier alpha value is -2.96. The van der Waals surface area contributed by atoms with Crippen LogP contribution in [0.15, 0.2) is 30.3 Å². The number of anilines is 1. The first-order chi connectivity index (χ1) is 12.5. The average molecular weight is 353 g/mol. The van der Waals surface area contributed by atoms with Gasteiger partial charge in [-0.1, -0.05) is 0 Å². The second kappa shape index (κ2) is 6.40. The van der Waals surface area contributed by atoms with Crippen LogP contribution in [-0.2, 0) is 0 Å². The van der Waals surface area contributed by atoms with Crippen LogP contribution >= 0.6 is 0 Å². The van der Waals surface area contributed by atoms with E-state index < -0.39 is 0 Å². The summed E-state index contributed by atoms with van der Waals surface area (Å²) < 4.78 is 13.4. The number of aromatic nitrogens is 3. The molecule has 7 heteroatoms. The number of aryl methyl sites for hydroxylation is 1. The largest absolute Gasteiger partial charge is 0.373 e. The Morgan fingerprint density at radius 1 is 1.31 bits per heavy atom. The number of amides is 1. The first-order valence-corrected chi connectivity index (χ1v) is 8.68. The molecule has 2 aromatic heterocycles. The molecule has 2 N–H and O–H groups in total. The molecule has 1 saturated heterocycles. The highest BCUT2D eigenvalue weighted by Crippen LogP contribution is 2.33. The van der Waals surface area contributed by atoms with Gasteiger partial charge in [0.05, 0.1) is 11.7 Å². The molecule has 1 atom stereocenters. The fraction of sp³-hybridized carbons (Fsp3) is 0.316. The number of hydrogen-bond donors (Lipinski definition) is 2. The van der Waals surface area contributed by atoms with E-state index in [1.165, 1.54) is 12.1 Å². The Morgan fingerprint density at radius 2 is 2.15 bits per heavy atom. The van der Waals surface area contributed by atoms with Gasteiger partial charge in [-0.15, -0.1) is 0 Å². The van der Waals surface area contributed by atoms with Gasteiger partial charge in [0, 0.05) is 30.6 Å². The minimum Gasteiger partial charge on any atom is -0.373 e. The molecule has 0 saturated carbocycles. The third-order valence-electron chi connectivity index (χ3n) is 4.78. The third kappa shape index (κ3) is 2.89. The molecule has 1 aliphatic rings. The predicted molar refractivity (Wildman–Crippen MR) is 97.6 cm³/mol. The number of nitrogens with one attached hydrogen (secondary N) is 2. The zero-order valence-electron chi connectivity index (χ0n) is 14.7. The molecule has 3 aromatic rings. The Balaban J connectivity index is 1.67. The molecule has 1 aliphatic heterocycles. The molecule has 4 rings (SSSR count). The standard InChI is InChI=1S/C19H20FN5O/c1-11-22-15(10-18(21-2)23-11)17-4-3-7-25(17)19(26)16-8-12-5-6-13(20)9-14(12)24-16/h5-6,8-10,17,24H,3-4,7H2,1-2H3,(H,21,22,23)/t17-/m0/s1. The summed E-state index contributed by atoms with van der Waals surface area (Å²) in [6.07, 6.45) is 1.78. The molecule has 134 valence electrons. The van der Waals surface area contributed by atoms with Crippen molar-refractivity contribution >= 4 is 22.6 Å². The Bertz CT molecular complexity index is 983. The molecule has 3 heterocycles. The summed E-state index contributed by atoms with van der Waals surface area (Å²) >= 11 is 0. The quantitative estimate of drug-likeness (QED) is 0.757. The summed E-state index contributed by atoms with van der Waals surface area (Å²) in [5, 5.41) is 3.85. The number of fused-ring (bicyclic) bond motifs is 1. The fourth-order valence-electron chi connectivity index (χ4n) is 3.58. The van der Waals surface area contributed by atoms with Crippen molar-refractivity contribution in [2.75, 3.05) is 18.9 Å². The molecular formula is C19H20FN5O. The van der Waals surface area contributed by atoms with Gasteiger partial charge in [-0.2, -0.15) is 0 Å². The number of hydrogen-bond acceptors (Lipinski definition) is 4. The molecule has 0 radical (unpaired) electrons. The van der Waals surface area contributed by atoms with Gasteiger partial charge in [0.1, 0.15) is 23.2 Å². The van der Waals surface area contributed by atoms with Crippen LogP contribution in [0.2, 0.25) is 0 Å². The molecule has 6 nitrogen and oxygen atoms in total. The second-order valence-electron chi connectivity index (χ2n) is 6.55. The number of aromatic amines is 1. The molecule has 0 aliphatic carbocycles. The van der Waals surface area contributed by atoms with Crippen LogP contribution in [0.1, 0.15) is 40.9 Å². The Kier molecular flexibility index (Phi) is 4.06. The number of rotatable bonds is 3. The van der Waals surface area contributed by atoms with E-state index in [1.54, 1.807) is 12.1 Å². The lowest BCUT2D eigenvalue weighted by atomic mass is 10.1. The van der Waals surface area contributed by atoms with Gasteiger partial charge in [0.15, 0.2) is 0 Å². The lowest BCUT2D eigenvalue weighted by molar-refractivity contribution is 0.0727. The highest BCUT2D eigenvalue weighted by molar-refractivity contribution is 5.98. The van der Waals surface area contributed by atoms with Crippen LogP contribution in [0, 0.1) is 12.7 Å². The highest BCUT2D eigenvalue weighted by Gasteiger charge is 2.32. The number of benzene rings is 1. The molecule has 26 heavy (non-hydrogen) atoms. The number of nitrogens with zero attached hydrogens (tertiary/aromatic N) is 3. The summed E-state index contributed by atoms with van der Waals surface area (Å²) in [5.74, 6) is 1.000. The lowest BCUT2D eigenvalue weighted by Gasteiger charge is -2.24. The van der Waals surface area contributed by atoms with E-state index in [-0.39, 0.29) is 17.8 Å². The zero-order valence-corrected chi connectivity index (χ0v) is 14.7. The van der Waals surface area contributed by atoms with Crippen LogP contribution < -0.4 is 5.32 Å². The van der Waals surface area contributed by atoms with E-state index in [4.69, 9.17) is 0 Å². The summed E-state index contributed by atoms with van der Waals surface area (Å²) in [6, 6.07) is 8.05. The SMILES string of the molecule is CNc1cc([C@@H]2CCCN2C(=O)c2cc3ccc(F)cc3[nH]2)nc(C)n1. The van der Waals surface area contributed by atoms with Gasteiger partial charge in [-0.3, -0.25) is 4.79 Å². The number of carbonyl (C=O) groups excluding carboxylic acids is 1. The van der Waals surface area contributed by atoms with E-state index in [2.05, 4.69) is 20.3 Å². The minimum absolute atomic E-state index is 0.0838. The molecule has 0 unspecified atom stereocenters. The fourth-order valence-corrected chi connectivity index (χ4v) is 3.58. The van der Waals surface area contributed by atoms with E-state index in [0.717, 1.165) is 29.7 Å². The van der Waals surface area contributed by atoms with Gasteiger partial charge in [0.25, 0.3) is 5.91 Å². The van der Waals surface area contributed by atoms with Crippen LogP contribution in [0.5, 0.6) is 0 Å². The van der Waals surface area contributed by atoms with Gasteiger partial charge in [-0.25, -0.2) is 14.4 Å². The number of likely N-dealkylation sites (tertiary alicyclic amines) is 1. The van der Waals surface area contributed by atoms with Crippen molar-refractivity contribution in [1.82, 2.24) is 19.9 Å². The van der Waals surface area contributed by atoms with Crippen LogP contribution in [0.4, 0.5) is 10.2 Å². The Morgan fingerprint density at radius 3 is 2.96 bits per heavy atom. The van der Waals surface area contributed by atoms with Crippen molar-refractivity contribution in [2.24, 2.45) is 0 Å². The second-order valence-corrected chi connectivity index (χ2v) is 6.55. The normalized spacial score (nSPS) is 17.0. The maximum absolute atomic E-state index is 13.4. The van der Waals surface area contributed by atoms with Crippen molar-refractivity contribution in [1.29, 1.82) is 0 Å². The smallest absolute Gasteiger partial charge is 0.270 e. The van der Waals surface area contributed by atoms with Crippen molar-refractivity contribution in [3.8, 4) is 0 Å². The third-order valence-corrected chi connectivity index (χ3v) is 4.78. The van der Waals surface area contributed by atoms with Crippen molar-refractivity contribution in [2.45, 2.75) is 25.8 Å². The zero-order chi connectivity index (χ0) is 18.3. The van der Waals surface area contributed by atoms with Crippen LogP contribution in [0.25, 0.3) is 10.9 Å². The topological polar surface area (TPSA) is 73.9 Å². The maximum Gasteiger partial charge on any atom is 0.270 e. The number of carbonyl (C=O) groups is 1. The van der Waals surface area contributed by atoms with E-state index in [0.29, 0.717) is 23.6 Å². The van der Waals surface area contributed by atoms with E-state index >= 15 is 0 Å².